The zero-order chi connectivity index (χ0) is 9.97. The lowest BCUT2D eigenvalue weighted by Crippen LogP contribution is -2.18. The standard InChI is InChI=1S/C9H13N3OS/c1-12-9(10-6-11-12)5-7(13)8-3-2-4-14-8/h6,8H,2-5H2,1H3. The topological polar surface area (TPSA) is 47.8 Å². The van der Waals surface area contributed by atoms with Crippen LogP contribution in [0.25, 0.3) is 0 Å². The summed E-state index contributed by atoms with van der Waals surface area (Å²) in [7, 11) is 1.82. The van der Waals surface area contributed by atoms with Crippen LogP contribution in [-0.4, -0.2) is 31.6 Å². The van der Waals surface area contributed by atoms with Gasteiger partial charge in [0.2, 0.25) is 0 Å². The number of nitrogens with zero attached hydrogens (tertiary/aromatic N) is 3. The lowest BCUT2D eigenvalue weighted by molar-refractivity contribution is -0.118. The zero-order valence-electron chi connectivity index (χ0n) is 8.14. The van der Waals surface area contributed by atoms with Gasteiger partial charge in [-0.25, -0.2) is 4.98 Å². The van der Waals surface area contributed by atoms with Gasteiger partial charge >= 0.3 is 0 Å². The van der Waals surface area contributed by atoms with Gasteiger partial charge in [-0.3, -0.25) is 9.48 Å². The highest BCUT2D eigenvalue weighted by atomic mass is 32.2. The van der Waals surface area contributed by atoms with Crippen LogP contribution in [0.15, 0.2) is 6.33 Å². The molecule has 76 valence electrons. The van der Waals surface area contributed by atoms with E-state index in [1.165, 1.54) is 12.7 Å². The summed E-state index contributed by atoms with van der Waals surface area (Å²) in [4.78, 5) is 15.8. The van der Waals surface area contributed by atoms with Crippen molar-refractivity contribution in [1.29, 1.82) is 0 Å². The molecule has 5 heteroatoms. The molecule has 1 saturated heterocycles. The van der Waals surface area contributed by atoms with Gasteiger partial charge in [-0.15, -0.1) is 0 Å². The van der Waals surface area contributed by atoms with Crippen molar-refractivity contribution in [2.75, 3.05) is 5.75 Å². The largest absolute Gasteiger partial charge is 0.298 e. The summed E-state index contributed by atoms with van der Waals surface area (Å²) >= 11 is 1.77. The Morgan fingerprint density at radius 3 is 3.21 bits per heavy atom. The second-order valence-corrected chi connectivity index (χ2v) is 4.76. The Kier molecular flexibility index (Phi) is 2.86. The predicted octanol–water partition coefficient (Wildman–Crippen LogP) is 0.822. The summed E-state index contributed by atoms with van der Waals surface area (Å²) in [5.41, 5.74) is 0. The highest BCUT2D eigenvalue weighted by molar-refractivity contribution is 8.00. The second kappa shape index (κ2) is 4.13. The summed E-state index contributed by atoms with van der Waals surface area (Å²) < 4.78 is 1.66. The Morgan fingerprint density at radius 1 is 1.79 bits per heavy atom. The number of thioether (sulfide) groups is 1. The van der Waals surface area contributed by atoms with E-state index in [1.54, 1.807) is 16.4 Å². The van der Waals surface area contributed by atoms with Crippen LogP contribution in [0.1, 0.15) is 18.7 Å². The maximum Gasteiger partial charge on any atom is 0.153 e. The first-order chi connectivity index (χ1) is 6.77. The highest BCUT2D eigenvalue weighted by Crippen LogP contribution is 2.27. The van der Waals surface area contributed by atoms with E-state index in [0.717, 1.165) is 18.0 Å². The van der Waals surface area contributed by atoms with Gasteiger partial charge in [0.05, 0.1) is 11.7 Å². The third-order valence-electron chi connectivity index (χ3n) is 2.43. The minimum atomic E-state index is 0.201. The van der Waals surface area contributed by atoms with E-state index in [9.17, 15) is 4.79 Å². The summed E-state index contributed by atoms with van der Waals surface area (Å²) in [5.74, 6) is 2.18. The number of ketones is 1. The molecular weight excluding hydrogens is 198 g/mol. The van der Waals surface area contributed by atoms with Gasteiger partial charge in [-0.05, 0) is 18.6 Å². The van der Waals surface area contributed by atoms with Gasteiger partial charge in [0.1, 0.15) is 12.2 Å². The molecule has 1 fully saturated rings. The number of rotatable bonds is 3. The molecule has 4 nitrogen and oxygen atoms in total. The van der Waals surface area contributed by atoms with E-state index >= 15 is 0 Å². The van der Waals surface area contributed by atoms with Crippen LogP contribution in [0.4, 0.5) is 0 Å². The third-order valence-corrected chi connectivity index (χ3v) is 3.85. The molecule has 2 rings (SSSR count). The maximum atomic E-state index is 11.8. The predicted molar refractivity (Wildman–Crippen MR) is 55.2 cm³/mol. The molecule has 0 N–H and O–H groups in total. The van der Waals surface area contributed by atoms with Gasteiger partial charge in [0.15, 0.2) is 5.78 Å². The van der Waals surface area contributed by atoms with Gasteiger partial charge in [-0.1, -0.05) is 0 Å². The van der Waals surface area contributed by atoms with Crippen molar-refractivity contribution in [3.05, 3.63) is 12.2 Å². The van der Waals surface area contributed by atoms with Crippen LogP contribution in [-0.2, 0) is 18.3 Å². The van der Waals surface area contributed by atoms with Gasteiger partial charge in [-0.2, -0.15) is 16.9 Å². The van der Waals surface area contributed by atoms with E-state index in [0.29, 0.717) is 12.2 Å². The normalized spacial score (nSPS) is 21.4. The van der Waals surface area contributed by atoms with E-state index in [4.69, 9.17) is 0 Å². The average molecular weight is 211 g/mol. The van der Waals surface area contributed by atoms with Crippen LogP contribution in [0.3, 0.4) is 0 Å². The molecule has 0 aromatic carbocycles. The fourth-order valence-electron chi connectivity index (χ4n) is 1.58. The molecule has 0 aliphatic carbocycles. The molecule has 1 aromatic heterocycles. The Hall–Kier alpha value is -0.840. The molecule has 0 bridgehead atoms. The van der Waals surface area contributed by atoms with E-state index in [2.05, 4.69) is 10.1 Å². The highest BCUT2D eigenvalue weighted by Gasteiger charge is 2.24. The van der Waals surface area contributed by atoms with E-state index in [-0.39, 0.29) is 5.25 Å². The average Bonchev–Trinajstić information content (AvgIpc) is 2.77. The minimum Gasteiger partial charge on any atom is -0.298 e. The van der Waals surface area contributed by atoms with Crippen molar-refractivity contribution >= 4 is 17.5 Å². The van der Waals surface area contributed by atoms with Crippen molar-refractivity contribution in [2.45, 2.75) is 24.5 Å². The van der Waals surface area contributed by atoms with Crippen molar-refractivity contribution in [2.24, 2.45) is 7.05 Å². The second-order valence-electron chi connectivity index (χ2n) is 3.44. The van der Waals surface area contributed by atoms with Crippen LogP contribution >= 0.6 is 11.8 Å². The summed E-state index contributed by atoms with van der Waals surface area (Å²) in [5, 5.41) is 4.14. The monoisotopic (exact) mass is 211 g/mol. The molecule has 1 atom stereocenters. The SMILES string of the molecule is Cn1ncnc1CC(=O)C1CCCS1. The summed E-state index contributed by atoms with van der Waals surface area (Å²) in [6, 6.07) is 0. The molecule has 1 unspecified atom stereocenters. The first kappa shape index (κ1) is 9.71. The molecule has 0 spiro atoms. The third kappa shape index (κ3) is 1.97. The number of hydrogen-bond acceptors (Lipinski definition) is 4. The molecule has 0 saturated carbocycles. The first-order valence-corrected chi connectivity index (χ1v) is 5.79. The Bertz CT molecular complexity index is 331. The Labute approximate surface area is 87.1 Å². The molecule has 1 aromatic rings. The number of Topliss-reactive ketones (excluding diaryl/α,β-unsaturated/α-hetero) is 1. The van der Waals surface area contributed by atoms with E-state index in [1.807, 2.05) is 7.05 Å². The smallest absolute Gasteiger partial charge is 0.153 e. The minimum absolute atomic E-state index is 0.201. The Balaban J connectivity index is 1.97. The van der Waals surface area contributed by atoms with Crippen molar-refractivity contribution in [1.82, 2.24) is 14.8 Å². The van der Waals surface area contributed by atoms with Crippen molar-refractivity contribution in [3.63, 3.8) is 0 Å². The molecule has 1 aliphatic heterocycles. The maximum absolute atomic E-state index is 11.8. The number of aromatic nitrogens is 3. The lowest BCUT2D eigenvalue weighted by atomic mass is 10.1. The number of hydrogen-bond donors (Lipinski definition) is 0. The number of carbonyl (C=O) groups excluding carboxylic acids is 1. The molecular formula is C9H13N3OS. The molecule has 1 aliphatic rings. The van der Waals surface area contributed by atoms with Crippen molar-refractivity contribution in [3.8, 4) is 0 Å². The Morgan fingerprint density at radius 2 is 2.64 bits per heavy atom. The van der Waals surface area contributed by atoms with Gasteiger partial charge < -0.3 is 0 Å². The van der Waals surface area contributed by atoms with Crippen molar-refractivity contribution < 1.29 is 4.79 Å². The molecule has 2 heterocycles. The summed E-state index contributed by atoms with van der Waals surface area (Å²) in [6.07, 6.45) is 4.11. The fourth-order valence-corrected chi connectivity index (χ4v) is 2.80. The number of carbonyl (C=O) groups is 1. The van der Waals surface area contributed by atoms with Crippen LogP contribution < -0.4 is 0 Å². The molecule has 14 heavy (non-hydrogen) atoms. The van der Waals surface area contributed by atoms with Crippen LogP contribution in [0.5, 0.6) is 0 Å². The van der Waals surface area contributed by atoms with E-state index < -0.39 is 0 Å². The van der Waals surface area contributed by atoms with Crippen LogP contribution in [0.2, 0.25) is 0 Å². The van der Waals surface area contributed by atoms with Gasteiger partial charge in [0, 0.05) is 7.05 Å². The van der Waals surface area contributed by atoms with Gasteiger partial charge in [0.25, 0.3) is 0 Å². The van der Waals surface area contributed by atoms with Crippen LogP contribution in [0, 0.1) is 0 Å². The summed E-state index contributed by atoms with van der Waals surface area (Å²) in [6.45, 7) is 0. The lowest BCUT2D eigenvalue weighted by Gasteiger charge is -2.05. The zero-order valence-corrected chi connectivity index (χ0v) is 8.96. The molecule has 0 amide bonds. The fraction of sp³-hybridized carbons (Fsp3) is 0.667. The first-order valence-electron chi connectivity index (χ1n) is 4.74. The molecule has 0 radical (unpaired) electrons. The quantitative estimate of drug-likeness (QED) is 0.742. The number of aryl methyl sites for hydroxylation is 1.